The molecule has 0 saturated carbocycles. The van der Waals surface area contributed by atoms with Crippen molar-refractivity contribution >= 4 is 27.7 Å². The molecule has 0 spiro atoms. The summed E-state index contributed by atoms with van der Waals surface area (Å²) in [5.41, 5.74) is 7.33. The molecule has 44 heavy (non-hydrogen) atoms. The Kier molecular flexibility index (Phi) is 12.3. The number of ether oxygens (including phenoxy) is 2. The third-order valence-corrected chi connectivity index (χ3v) is 9.97. The highest BCUT2D eigenvalue weighted by molar-refractivity contribution is 7.90. The van der Waals surface area contributed by atoms with E-state index in [1.165, 1.54) is 41.0 Å². The van der Waals surface area contributed by atoms with Gasteiger partial charge in [0.2, 0.25) is 0 Å². The second-order valence-electron chi connectivity index (χ2n) is 12.5. The van der Waals surface area contributed by atoms with Gasteiger partial charge in [0, 0.05) is 10.6 Å². The summed E-state index contributed by atoms with van der Waals surface area (Å²) in [4.78, 5) is 12.6. The van der Waals surface area contributed by atoms with Crippen molar-refractivity contribution < 1.29 is 22.7 Å². The van der Waals surface area contributed by atoms with Crippen molar-refractivity contribution in [2.75, 3.05) is 0 Å². The van der Waals surface area contributed by atoms with Crippen LogP contribution in [0.2, 0.25) is 5.02 Å². The highest BCUT2D eigenvalue weighted by Crippen LogP contribution is 2.45. The van der Waals surface area contributed by atoms with Crippen molar-refractivity contribution in [1.29, 1.82) is 0 Å². The molecule has 0 unspecified atom stereocenters. The van der Waals surface area contributed by atoms with Crippen LogP contribution in [0.3, 0.4) is 0 Å². The Bertz CT molecular complexity index is 1550. The third kappa shape index (κ3) is 9.73. The molecule has 0 saturated heterocycles. The van der Waals surface area contributed by atoms with E-state index >= 15 is 0 Å². The zero-order valence-electron chi connectivity index (χ0n) is 27.5. The first kappa shape index (κ1) is 35.4. The molecular weight excluding hydrogens is 594 g/mol. The lowest BCUT2D eigenvalue weighted by Crippen LogP contribution is -2.37. The van der Waals surface area contributed by atoms with Gasteiger partial charge in [-0.3, -0.25) is 0 Å². The topological polar surface area (TPSA) is 81.7 Å². The molecule has 8 heteroatoms. The molecular formula is C36H48ClNO5S. The molecule has 0 aromatic heterocycles. The molecule has 0 bridgehead atoms. The maximum Gasteiger partial charge on any atom is 0.426 e. The largest absolute Gasteiger partial charge is 0.487 e. The number of rotatable bonds is 12. The molecule has 2 aromatic rings. The van der Waals surface area contributed by atoms with E-state index in [2.05, 4.69) is 52.8 Å². The molecule has 0 radical (unpaired) electrons. The maximum absolute atomic E-state index is 12.7. The van der Waals surface area contributed by atoms with E-state index in [9.17, 15) is 13.2 Å². The lowest BCUT2D eigenvalue weighted by Gasteiger charge is -2.38. The van der Waals surface area contributed by atoms with Crippen molar-refractivity contribution in [2.45, 2.75) is 117 Å². The van der Waals surface area contributed by atoms with Gasteiger partial charge in [0.1, 0.15) is 17.1 Å². The number of carbonyl (C=O) groups is 1. The zero-order chi connectivity index (χ0) is 32.7. The normalized spacial score (nSPS) is 17.0. The van der Waals surface area contributed by atoms with E-state index in [0.29, 0.717) is 10.8 Å². The first-order chi connectivity index (χ1) is 20.6. The predicted octanol–water partition coefficient (Wildman–Crippen LogP) is 10.0. The first-order valence-corrected chi connectivity index (χ1v) is 17.2. The van der Waals surface area contributed by atoms with E-state index in [1.807, 2.05) is 25.5 Å². The lowest BCUT2D eigenvalue weighted by atomic mass is 9.85. The smallest absolute Gasteiger partial charge is 0.426 e. The second-order valence-corrected chi connectivity index (χ2v) is 14.6. The quantitative estimate of drug-likeness (QED) is 0.233. The summed E-state index contributed by atoms with van der Waals surface area (Å²) in [7, 11) is -4.11. The molecule has 1 heterocycles. The van der Waals surface area contributed by atoms with Gasteiger partial charge in [-0.2, -0.15) is 0 Å². The van der Waals surface area contributed by atoms with E-state index in [1.54, 1.807) is 0 Å². The van der Waals surface area contributed by atoms with Crippen LogP contribution in [0.1, 0.15) is 102 Å². The lowest BCUT2D eigenvalue weighted by molar-refractivity contribution is 0.0558. The predicted molar refractivity (Wildman–Crippen MR) is 180 cm³/mol. The number of hydrogen-bond acceptors (Lipinski definition) is 5. The van der Waals surface area contributed by atoms with Gasteiger partial charge in [-0.05, 0) is 148 Å². The van der Waals surface area contributed by atoms with Crippen molar-refractivity contribution in [2.24, 2.45) is 0 Å². The summed E-state index contributed by atoms with van der Waals surface area (Å²) in [6.45, 7) is 16.6. The number of fused-ring (bicyclic) bond motifs is 1. The number of sulfonamides is 1. The van der Waals surface area contributed by atoms with Gasteiger partial charge >= 0.3 is 6.09 Å². The Morgan fingerprint density at radius 1 is 0.932 bits per heavy atom. The number of allylic oxidation sites excluding steroid dienone is 6. The van der Waals surface area contributed by atoms with E-state index < -0.39 is 16.1 Å². The molecule has 6 nitrogen and oxygen atoms in total. The molecule has 1 aliphatic heterocycles. The summed E-state index contributed by atoms with van der Waals surface area (Å²) in [5, 5.41) is 0.395. The summed E-state index contributed by atoms with van der Waals surface area (Å²) in [6.07, 6.45) is 13.8. The molecule has 1 atom stereocenters. The average molecular weight is 642 g/mol. The van der Waals surface area contributed by atoms with Gasteiger partial charge < -0.3 is 9.47 Å². The first-order valence-electron chi connectivity index (χ1n) is 15.4. The Morgan fingerprint density at radius 3 is 2.14 bits per heavy atom. The molecule has 0 fully saturated rings. The molecule has 1 aliphatic rings. The van der Waals surface area contributed by atoms with Crippen LogP contribution in [0.25, 0.3) is 0 Å². The van der Waals surface area contributed by atoms with Crippen molar-refractivity contribution in [3.8, 4) is 11.5 Å². The van der Waals surface area contributed by atoms with Crippen molar-refractivity contribution in [3.05, 3.63) is 86.5 Å². The minimum atomic E-state index is -4.11. The number of carbonyl (C=O) groups excluding carboxylic acids is 1. The minimum Gasteiger partial charge on any atom is -0.487 e. The van der Waals surface area contributed by atoms with Gasteiger partial charge in [0.15, 0.2) is 0 Å². The Hall–Kier alpha value is -3.03. The van der Waals surface area contributed by atoms with Crippen molar-refractivity contribution in [3.63, 3.8) is 0 Å². The van der Waals surface area contributed by atoms with Gasteiger partial charge in [0.05, 0.1) is 4.90 Å². The summed E-state index contributed by atoms with van der Waals surface area (Å²) < 4.78 is 39.6. The van der Waals surface area contributed by atoms with Crippen molar-refractivity contribution in [1.82, 2.24) is 4.72 Å². The highest BCUT2D eigenvalue weighted by atomic mass is 35.5. The van der Waals surface area contributed by atoms with Crippen LogP contribution in [0.4, 0.5) is 4.79 Å². The summed E-state index contributed by atoms with van der Waals surface area (Å²) in [6, 6.07) is 5.55. The Balaban J connectivity index is 1.62. The molecule has 3 rings (SSSR count). The van der Waals surface area contributed by atoms with E-state index in [4.69, 9.17) is 21.1 Å². The molecule has 1 N–H and O–H groups in total. The van der Waals surface area contributed by atoms with Gasteiger partial charge in [-0.25, -0.2) is 17.9 Å². The number of nitrogens with one attached hydrogen (secondary N) is 1. The summed E-state index contributed by atoms with van der Waals surface area (Å²) in [5.74, 6) is 1.20. The van der Waals surface area contributed by atoms with Crippen LogP contribution in [0.5, 0.6) is 11.5 Å². The highest BCUT2D eigenvalue weighted by Gasteiger charge is 2.34. The average Bonchev–Trinajstić information content (AvgIpc) is 2.94. The summed E-state index contributed by atoms with van der Waals surface area (Å²) >= 11 is 5.86. The van der Waals surface area contributed by atoms with E-state index in [0.717, 1.165) is 79.4 Å². The third-order valence-electron chi connectivity index (χ3n) is 8.39. The zero-order valence-corrected chi connectivity index (χ0v) is 29.1. The Morgan fingerprint density at radius 2 is 1.52 bits per heavy atom. The second kappa shape index (κ2) is 15.3. The molecule has 2 aromatic carbocycles. The van der Waals surface area contributed by atoms with Crippen LogP contribution in [0.15, 0.2) is 64.1 Å². The number of benzene rings is 2. The Labute approximate surface area is 269 Å². The number of hydrogen-bond donors (Lipinski definition) is 1. The van der Waals surface area contributed by atoms with Gasteiger partial charge in [0.25, 0.3) is 10.0 Å². The minimum absolute atomic E-state index is 0.0794. The SMILES string of the molecule is CC(C)=CCC/C(C)=C/CC/C(C)=C/CC[C@]1(C)CCc2c(C)c(OC(=O)NS(=O)(=O)c3ccc(Cl)cc3)c(C)c(C)c2O1. The molecule has 240 valence electrons. The maximum atomic E-state index is 12.7. The fourth-order valence-electron chi connectivity index (χ4n) is 5.47. The number of amides is 1. The monoisotopic (exact) mass is 641 g/mol. The number of halogens is 1. The standard InChI is InChI=1S/C36H48ClNO5S/c1-24(2)12-9-13-25(3)14-10-15-26(4)16-11-22-36(8)23-21-32-29(7)33(27(5)28(6)34(32)43-36)42-35(39)38-44(40,41)31-19-17-30(37)18-20-31/h12,14,16-20H,9-11,13,15,21-23H2,1-8H3,(H,38,39)/b25-14+,26-16+/t36-/m1/s1. The van der Waals surface area contributed by atoms with Crippen LogP contribution in [-0.4, -0.2) is 20.1 Å². The fraction of sp³-hybridized carbons (Fsp3) is 0.472. The molecule has 0 aliphatic carbocycles. The van der Waals surface area contributed by atoms with Gasteiger partial charge in [-0.1, -0.05) is 46.5 Å². The fourth-order valence-corrected chi connectivity index (χ4v) is 6.47. The van der Waals surface area contributed by atoms with Gasteiger partial charge in [-0.15, -0.1) is 0 Å². The van der Waals surface area contributed by atoms with Crippen LogP contribution in [0, 0.1) is 20.8 Å². The molecule has 1 amide bonds. The van der Waals surface area contributed by atoms with Crippen LogP contribution >= 0.6 is 11.6 Å². The van der Waals surface area contributed by atoms with E-state index in [-0.39, 0.29) is 10.5 Å². The van der Waals surface area contributed by atoms with Crippen LogP contribution in [-0.2, 0) is 16.4 Å². The van der Waals surface area contributed by atoms with Crippen LogP contribution < -0.4 is 14.2 Å².